The molecule has 70 valence electrons. The van der Waals surface area contributed by atoms with E-state index in [2.05, 4.69) is 9.97 Å². The number of nitrogens with one attached hydrogen (secondary N) is 1. The standard InChI is InChI=1S/C10H7FN2O/c11-10-8(2-1-5-12-10)7-3-4-9(14)13-6-7/h1-6H,(H,13,14). The van der Waals surface area contributed by atoms with Crippen LogP contribution in [-0.4, -0.2) is 9.97 Å². The summed E-state index contributed by atoms with van der Waals surface area (Å²) in [6, 6.07) is 6.15. The molecule has 0 bridgehead atoms. The van der Waals surface area contributed by atoms with Gasteiger partial charge in [-0.3, -0.25) is 4.79 Å². The first kappa shape index (κ1) is 8.62. The molecule has 0 amide bonds. The quantitative estimate of drug-likeness (QED) is 0.694. The number of nitrogens with zero attached hydrogens (tertiary/aromatic N) is 1. The van der Waals surface area contributed by atoms with E-state index in [-0.39, 0.29) is 5.56 Å². The molecule has 14 heavy (non-hydrogen) atoms. The average Bonchev–Trinajstić information content (AvgIpc) is 2.20. The lowest BCUT2D eigenvalue weighted by molar-refractivity contribution is 0.587. The predicted octanol–water partition coefficient (Wildman–Crippen LogP) is 1.58. The third-order valence-electron chi connectivity index (χ3n) is 1.85. The van der Waals surface area contributed by atoms with E-state index in [0.29, 0.717) is 11.1 Å². The van der Waals surface area contributed by atoms with Gasteiger partial charge in [0.05, 0.1) is 0 Å². The van der Waals surface area contributed by atoms with Crippen molar-refractivity contribution in [3.05, 3.63) is 53.0 Å². The molecule has 2 aromatic rings. The number of hydrogen-bond donors (Lipinski definition) is 1. The van der Waals surface area contributed by atoms with Crippen LogP contribution in [0.25, 0.3) is 11.1 Å². The normalized spacial score (nSPS) is 10.1. The van der Waals surface area contributed by atoms with Gasteiger partial charge in [-0.1, -0.05) is 0 Å². The fourth-order valence-electron chi connectivity index (χ4n) is 1.18. The smallest absolute Gasteiger partial charge is 0.247 e. The zero-order valence-electron chi connectivity index (χ0n) is 7.20. The van der Waals surface area contributed by atoms with Gasteiger partial charge in [0.2, 0.25) is 11.5 Å². The summed E-state index contributed by atoms with van der Waals surface area (Å²) < 4.78 is 13.2. The van der Waals surface area contributed by atoms with E-state index in [9.17, 15) is 9.18 Å². The van der Waals surface area contributed by atoms with Crippen molar-refractivity contribution in [2.24, 2.45) is 0 Å². The summed E-state index contributed by atoms with van der Waals surface area (Å²) in [5.74, 6) is -0.542. The molecule has 2 heterocycles. The maximum atomic E-state index is 13.2. The molecule has 0 spiro atoms. The van der Waals surface area contributed by atoms with Gasteiger partial charge in [0.25, 0.3) is 0 Å². The molecule has 2 aromatic heterocycles. The molecule has 0 saturated heterocycles. The van der Waals surface area contributed by atoms with Gasteiger partial charge in [-0.15, -0.1) is 0 Å². The first-order valence-corrected chi connectivity index (χ1v) is 4.07. The molecule has 0 unspecified atom stereocenters. The Kier molecular flexibility index (Phi) is 2.10. The Hall–Kier alpha value is -1.97. The fourth-order valence-corrected chi connectivity index (χ4v) is 1.18. The highest BCUT2D eigenvalue weighted by atomic mass is 19.1. The van der Waals surface area contributed by atoms with Crippen LogP contribution in [0.3, 0.4) is 0 Å². The third kappa shape index (κ3) is 1.54. The number of aromatic nitrogens is 2. The summed E-state index contributed by atoms with van der Waals surface area (Å²) in [7, 11) is 0. The number of H-pyrrole nitrogens is 1. The minimum Gasteiger partial charge on any atom is -0.328 e. The largest absolute Gasteiger partial charge is 0.328 e. The molecule has 1 N–H and O–H groups in total. The van der Waals surface area contributed by atoms with E-state index in [4.69, 9.17) is 0 Å². The Labute approximate surface area is 79.3 Å². The van der Waals surface area contributed by atoms with Crippen LogP contribution in [0.5, 0.6) is 0 Å². The Bertz CT molecular complexity index is 487. The highest BCUT2D eigenvalue weighted by molar-refractivity contribution is 5.61. The molecule has 0 aliphatic heterocycles. The maximum Gasteiger partial charge on any atom is 0.247 e. The van der Waals surface area contributed by atoms with Crippen molar-refractivity contribution in [3.8, 4) is 11.1 Å². The lowest BCUT2D eigenvalue weighted by Gasteiger charge is -2.00. The molecule has 3 nitrogen and oxygen atoms in total. The van der Waals surface area contributed by atoms with E-state index in [1.165, 1.54) is 18.5 Å². The highest BCUT2D eigenvalue weighted by Crippen LogP contribution is 2.18. The van der Waals surface area contributed by atoms with Crippen LogP contribution < -0.4 is 5.56 Å². The molecule has 0 atom stereocenters. The minimum atomic E-state index is -0.542. The summed E-state index contributed by atoms with van der Waals surface area (Å²) in [6.45, 7) is 0. The summed E-state index contributed by atoms with van der Waals surface area (Å²) >= 11 is 0. The van der Waals surface area contributed by atoms with Gasteiger partial charge in [0.15, 0.2) is 0 Å². The van der Waals surface area contributed by atoms with Crippen LogP contribution in [0.15, 0.2) is 41.5 Å². The zero-order valence-corrected chi connectivity index (χ0v) is 7.20. The Morgan fingerprint density at radius 1 is 1.29 bits per heavy atom. The fraction of sp³-hybridized carbons (Fsp3) is 0. The summed E-state index contributed by atoms with van der Waals surface area (Å²) in [5.41, 5.74) is 0.775. The van der Waals surface area contributed by atoms with Gasteiger partial charge < -0.3 is 4.98 Å². The molecule has 0 aromatic carbocycles. The molecule has 0 saturated carbocycles. The van der Waals surface area contributed by atoms with Crippen molar-refractivity contribution in [1.29, 1.82) is 0 Å². The molecule has 4 heteroatoms. The Balaban J connectivity index is 2.55. The number of hydrogen-bond acceptors (Lipinski definition) is 2. The van der Waals surface area contributed by atoms with Crippen molar-refractivity contribution >= 4 is 0 Å². The second kappa shape index (κ2) is 3.41. The Morgan fingerprint density at radius 3 is 2.79 bits per heavy atom. The van der Waals surface area contributed by atoms with Crippen molar-refractivity contribution in [1.82, 2.24) is 9.97 Å². The molecule has 0 fully saturated rings. The molecular formula is C10H7FN2O. The second-order valence-electron chi connectivity index (χ2n) is 2.78. The SMILES string of the molecule is O=c1ccc(-c2cccnc2F)c[nH]1. The molecule has 0 aliphatic carbocycles. The van der Waals surface area contributed by atoms with Crippen LogP contribution in [0, 0.1) is 5.95 Å². The number of halogens is 1. The number of rotatable bonds is 1. The molecule has 0 aliphatic rings. The van der Waals surface area contributed by atoms with Crippen molar-refractivity contribution in [2.45, 2.75) is 0 Å². The van der Waals surface area contributed by atoms with E-state index in [1.54, 1.807) is 18.2 Å². The van der Waals surface area contributed by atoms with Gasteiger partial charge in [-0.25, -0.2) is 4.98 Å². The predicted molar refractivity (Wildman–Crippen MR) is 50.3 cm³/mol. The van der Waals surface area contributed by atoms with Crippen LogP contribution in [0.1, 0.15) is 0 Å². The Morgan fingerprint density at radius 2 is 2.14 bits per heavy atom. The van der Waals surface area contributed by atoms with Gasteiger partial charge in [0, 0.05) is 29.6 Å². The highest BCUT2D eigenvalue weighted by Gasteiger charge is 2.03. The van der Waals surface area contributed by atoms with E-state index < -0.39 is 5.95 Å². The van der Waals surface area contributed by atoms with Crippen molar-refractivity contribution in [2.75, 3.05) is 0 Å². The van der Waals surface area contributed by atoms with E-state index >= 15 is 0 Å². The summed E-state index contributed by atoms with van der Waals surface area (Å²) in [4.78, 5) is 16.8. The summed E-state index contributed by atoms with van der Waals surface area (Å²) in [6.07, 6.45) is 2.84. The first-order chi connectivity index (χ1) is 6.77. The number of aromatic amines is 1. The van der Waals surface area contributed by atoms with E-state index in [1.807, 2.05) is 0 Å². The lowest BCUT2D eigenvalue weighted by Crippen LogP contribution is -2.01. The zero-order chi connectivity index (χ0) is 9.97. The second-order valence-corrected chi connectivity index (χ2v) is 2.78. The van der Waals surface area contributed by atoms with Gasteiger partial charge >= 0.3 is 0 Å². The van der Waals surface area contributed by atoms with Gasteiger partial charge in [-0.2, -0.15) is 4.39 Å². The van der Waals surface area contributed by atoms with Crippen LogP contribution >= 0.6 is 0 Å². The van der Waals surface area contributed by atoms with Crippen LogP contribution in [0.4, 0.5) is 4.39 Å². The van der Waals surface area contributed by atoms with Crippen LogP contribution in [-0.2, 0) is 0 Å². The molecule has 0 radical (unpaired) electrons. The lowest BCUT2D eigenvalue weighted by atomic mass is 10.1. The first-order valence-electron chi connectivity index (χ1n) is 4.07. The third-order valence-corrected chi connectivity index (χ3v) is 1.85. The topological polar surface area (TPSA) is 45.8 Å². The number of pyridine rings is 2. The molecular weight excluding hydrogens is 183 g/mol. The van der Waals surface area contributed by atoms with Crippen molar-refractivity contribution < 1.29 is 4.39 Å². The average molecular weight is 190 g/mol. The van der Waals surface area contributed by atoms with Gasteiger partial charge in [0.1, 0.15) is 0 Å². The molecule has 2 rings (SSSR count). The minimum absolute atomic E-state index is 0.210. The summed E-state index contributed by atoms with van der Waals surface area (Å²) in [5, 5.41) is 0. The monoisotopic (exact) mass is 190 g/mol. The maximum absolute atomic E-state index is 13.2. The van der Waals surface area contributed by atoms with E-state index in [0.717, 1.165) is 0 Å². The van der Waals surface area contributed by atoms with Crippen molar-refractivity contribution in [3.63, 3.8) is 0 Å². The van der Waals surface area contributed by atoms with Crippen LogP contribution in [0.2, 0.25) is 0 Å². The van der Waals surface area contributed by atoms with Gasteiger partial charge in [-0.05, 0) is 18.2 Å².